The molecule has 40 heavy (non-hydrogen) atoms. The number of fused-ring (bicyclic) bond motifs is 5. The predicted octanol–water partition coefficient (Wildman–Crippen LogP) is 3.98. The zero-order chi connectivity index (χ0) is 28.8. The number of benzene rings is 1. The van der Waals surface area contributed by atoms with E-state index in [1.807, 2.05) is 12.1 Å². The van der Waals surface area contributed by atoms with Gasteiger partial charge >= 0.3 is 17.9 Å². The van der Waals surface area contributed by atoms with Crippen LogP contribution in [0.4, 0.5) is 4.39 Å². The summed E-state index contributed by atoms with van der Waals surface area (Å²) >= 11 is 0. The van der Waals surface area contributed by atoms with Crippen molar-refractivity contribution in [1.29, 1.82) is 0 Å². The van der Waals surface area contributed by atoms with Crippen molar-refractivity contribution in [2.24, 2.45) is 17.3 Å². The molecule has 2 saturated carbocycles. The fourth-order valence-electron chi connectivity index (χ4n) is 7.49. The van der Waals surface area contributed by atoms with Gasteiger partial charge in [0.1, 0.15) is 24.2 Å². The Balaban J connectivity index is 1.36. The Morgan fingerprint density at radius 2 is 1.73 bits per heavy atom. The molecule has 9 nitrogen and oxygen atoms in total. The summed E-state index contributed by atoms with van der Waals surface area (Å²) < 4.78 is 43.0. The van der Waals surface area contributed by atoms with Crippen molar-refractivity contribution >= 4 is 23.7 Å². The Kier molecular flexibility index (Phi) is 7.92. The number of carbonyl (C=O) groups excluding carboxylic acids is 4. The number of halogens is 1. The SMILES string of the molecule is CC(=O)OC[C@H]1O[C@@H](Oc2ccc3c(c2)CCC2C3CCC3(C)C(=O)CCC23)[C@H](F)[C@@H](OC(C)=O)[C@@H]1OC(C)=O. The molecule has 1 aromatic carbocycles. The van der Waals surface area contributed by atoms with E-state index in [-0.39, 0.29) is 12.0 Å². The van der Waals surface area contributed by atoms with Crippen molar-refractivity contribution in [2.45, 2.75) is 103 Å². The smallest absolute Gasteiger partial charge is 0.303 e. The van der Waals surface area contributed by atoms with E-state index in [0.29, 0.717) is 35.7 Å². The maximum atomic E-state index is 15.7. The van der Waals surface area contributed by atoms with E-state index >= 15 is 4.39 Å². The third-order valence-electron chi connectivity index (χ3n) is 9.29. The Bertz CT molecular complexity index is 1180. The van der Waals surface area contributed by atoms with Gasteiger partial charge in [-0.05, 0) is 73.1 Å². The van der Waals surface area contributed by atoms with Gasteiger partial charge in [-0.15, -0.1) is 0 Å². The van der Waals surface area contributed by atoms with Crippen LogP contribution in [0.1, 0.15) is 76.8 Å². The molecule has 5 rings (SSSR count). The number of ether oxygens (including phenoxy) is 5. The molecule has 1 aromatic rings. The van der Waals surface area contributed by atoms with Crippen molar-refractivity contribution in [3.63, 3.8) is 0 Å². The molecule has 4 aliphatic rings. The second kappa shape index (κ2) is 11.1. The van der Waals surface area contributed by atoms with Crippen molar-refractivity contribution < 1.29 is 47.3 Å². The van der Waals surface area contributed by atoms with Crippen molar-refractivity contribution in [3.05, 3.63) is 29.3 Å². The van der Waals surface area contributed by atoms with E-state index in [2.05, 4.69) is 6.92 Å². The fourth-order valence-corrected chi connectivity index (χ4v) is 7.49. The number of hydrogen-bond acceptors (Lipinski definition) is 9. The number of Topliss-reactive ketones (excluding diaryl/α,β-unsaturated/α-hetero) is 1. The molecule has 1 aliphatic heterocycles. The number of aryl methyl sites for hydroxylation is 1. The lowest BCUT2D eigenvalue weighted by atomic mass is 9.55. The van der Waals surface area contributed by atoms with E-state index in [1.54, 1.807) is 6.07 Å². The van der Waals surface area contributed by atoms with Crippen LogP contribution in [0.2, 0.25) is 0 Å². The number of esters is 3. The molecule has 1 saturated heterocycles. The van der Waals surface area contributed by atoms with Gasteiger partial charge in [0.2, 0.25) is 12.5 Å². The average molecular weight is 561 g/mol. The molecular formula is C30H37FO9. The minimum atomic E-state index is -1.99. The first kappa shape index (κ1) is 28.5. The van der Waals surface area contributed by atoms with Crippen LogP contribution in [0.5, 0.6) is 5.75 Å². The Morgan fingerprint density at radius 1 is 1.00 bits per heavy atom. The van der Waals surface area contributed by atoms with Crippen LogP contribution >= 0.6 is 0 Å². The molecule has 0 bridgehead atoms. The topological polar surface area (TPSA) is 114 Å². The minimum Gasteiger partial charge on any atom is -0.463 e. The summed E-state index contributed by atoms with van der Waals surface area (Å²) in [7, 11) is 0. The van der Waals surface area contributed by atoms with Crippen LogP contribution in [0.25, 0.3) is 0 Å². The van der Waals surface area contributed by atoms with E-state index in [9.17, 15) is 19.2 Å². The molecular weight excluding hydrogens is 523 g/mol. The zero-order valence-electron chi connectivity index (χ0n) is 23.4. The maximum absolute atomic E-state index is 15.7. The molecule has 10 heteroatoms. The summed E-state index contributed by atoms with van der Waals surface area (Å²) in [5.41, 5.74) is 2.19. The second-order valence-corrected chi connectivity index (χ2v) is 11.8. The molecule has 0 amide bonds. The molecule has 0 radical (unpaired) electrons. The average Bonchev–Trinajstić information content (AvgIpc) is 3.20. The fraction of sp³-hybridized carbons (Fsp3) is 0.667. The largest absolute Gasteiger partial charge is 0.463 e. The van der Waals surface area contributed by atoms with Gasteiger partial charge in [0, 0.05) is 32.6 Å². The van der Waals surface area contributed by atoms with E-state index in [1.165, 1.54) is 12.5 Å². The highest BCUT2D eigenvalue weighted by Crippen LogP contribution is 2.59. The monoisotopic (exact) mass is 560 g/mol. The van der Waals surface area contributed by atoms with Crippen LogP contribution in [0.15, 0.2) is 18.2 Å². The molecule has 0 N–H and O–H groups in total. The summed E-state index contributed by atoms with van der Waals surface area (Å²) in [6.45, 7) is 5.26. The quantitative estimate of drug-likeness (QED) is 0.376. The van der Waals surface area contributed by atoms with E-state index in [4.69, 9.17) is 23.7 Å². The molecule has 4 unspecified atom stereocenters. The van der Waals surface area contributed by atoms with E-state index in [0.717, 1.165) is 51.5 Å². The van der Waals surface area contributed by atoms with Crippen LogP contribution in [0, 0.1) is 17.3 Å². The van der Waals surface area contributed by atoms with E-state index < -0.39 is 48.7 Å². The van der Waals surface area contributed by atoms with Crippen LogP contribution in [-0.4, -0.2) is 61.1 Å². The lowest BCUT2D eigenvalue weighted by molar-refractivity contribution is -0.271. The number of hydrogen-bond donors (Lipinski definition) is 0. The molecule has 9 atom stereocenters. The van der Waals surface area contributed by atoms with Crippen molar-refractivity contribution in [3.8, 4) is 5.75 Å². The lowest BCUT2D eigenvalue weighted by Gasteiger charge is -2.48. The van der Waals surface area contributed by atoms with Gasteiger partial charge in [0.25, 0.3) is 0 Å². The highest BCUT2D eigenvalue weighted by atomic mass is 19.1. The van der Waals surface area contributed by atoms with Gasteiger partial charge in [-0.1, -0.05) is 13.0 Å². The summed E-state index contributed by atoms with van der Waals surface area (Å²) in [4.78, 5) is 47.6. The number of ketones is 1. The first-order chi connectivity index (χ1) is 19.0. The predicted molar refractivity (Wildman–Crippen MR) is 138 cm³/mol. The van der Waals surface area contributed by atoms with Gasteiger partial charge in [0.15, 0.2) is 12.2 Å². The Hall–Kier alpha value is -3.01. The third kappa shape index (κ3) is 5.34. The summed E-state index contributed by atoms with van der Waals surface area (Å²) in [6.07, 6.45) is -2.14. The molecule has 3 fully saturated rings. The van der Waals surface area contributed by atoms with Crippen molar-refractivity contribution in [1.82, 2.24) is 0 Å². The standard InChI is InChI=1S/C30H37FO9/c1-15(32)36-14-24-27(37-16(2)33)28(38-17(3)34)26(31)29(40-24)39-19-6-8-20-18(13-19)5-7-22-21(20)11-12-30(4)23(22)9-10-25(30)35/h6,8,13,21-24,26-29H,5,7,9-12,14H2,1-4H3/t21?,22?,23?,24-,26-,27-,28-,29-,30?/m1/s1. The molecule has 218 valence electrons. The number of alkyl halides is 1. The highest BCUT2D eigenvalue weighted by Gasteiger charge is 2.55. The first-order valence-corrected chi connectivity index (χ1v) is 14.1. The minimum absolute atomic E-state index is 0.193. The van der Waals surface area contributed by atoms with Gasteiger partial charge in [-0.25, -0.2) is 4.39 Å². The number of carbonyl (C=O) groups is 4. The van der Waals surface area contributed by atoms with Crippen LogP contribution in [0.3, 0.4) is 0 Å². The van der Waals surface area contributed by atoms with Gasteiger partial charge in [0.05, 0.1) is 0 Å². The summed E-state index contributed by atoms with van der Waals surface area (Å²) in [5.74, 6) is -0.0289. The molecule has 0 aromatic heterocycles. The summed E-state index contributed by atoms with van der Waals surface area (Å²) in [5, 5.41) is 0. The third-order valence-corrected chi connectivity index (χ3v) is 9.29. The molecule has 3 aliphatic carbocycles. The normalized spacial score (nSPS) is 36.5. The van der Waals surface area contributed by atoms with Crippen LogP contribution in [-0.2, 0) is 44.5 Å². The van der Waals surface area contributed by atoms with Gasteiger partial charge in [-0.3, -0.25) is 19.2 Å². The first-order valence-electron chi connectivity index (χ1n) is 14.1. The molecule has 0 spiro atoms. The van der Waals surface area contributed by atoms with Crippen LogP contribution < -0.4 is 4.74 Å². The second-order valence-electron chi connectivity index (χ2n) is 11.8. The van der Waals surface area contributed by atoms with Gasteiger partial charge in [-0.2, -0.15) is 0 Å². The molecule has 1 heterocycles. The Morgan fingerprint density at radius 3 is 2.42 bits per heavy atom. The zero-order valence-corrected chi connectivity index (χ0v) is 23.4. The lowest BCUT2D eigenvalue weighted by Crippen LogP contribution is -2.61. The summed E-state index contributed by atoms with van der Waals surface area (Å²) in [6, 6.07) is 5.71. The van der Waals surface area contributed by atoms with Crippen molar-refractivity contribution in [2.75, 3.05) is 6.61 Å². The Labute approximate surface area is 233 Å². The van der Waals surface area contributed by atoms with Gasteiger partial charge < -0.3 is 23.7 Å². The number of rotatable bonds is 6. The highest BCUT2D eigenvalue weighted by molar-refractivity contribution is 5.87. The maximum Gasteiger partial charge on any atom is 0.303 e.